The van der Waals surface area contributed by atoms with E-state index in [2.05, 4.69) is 15.0 Å². The van der Waals surface area contributed by atoms with E-state index in [9.17, 15) is 9.59 Å². The lowest BCUT2D eigenvalue weighted by Gasteiger charge is -2.09. The number of hydrogen-bond donors (Lipinski definition) is 1. The molecule has 0 saturated carbocycles. The number of carboxylic acids is 1. The van der Waals surface area contributed by atoms with Gasteiger partial charge in [-0.1, -0.05) is 0 Å². The van der Waals surface area contributed by atoms with Crippen LogP contribution < -0.4 is 5.56 Å². The monoisotopic (exact) mass is 220 g/mol. The van der Waals surface area contributed by atoms with Gasteiger partial charge < -0.3 is 5.11 Å². The molecule has 0 saturated heterocycles. The fourth-order valence-electron chi connectivity index (χ4n) is 1.26. The minimum atomic E-state index is -1.10. The van der Waals surface area contributed by atoms with Crippen LogP contribution in [0.1, 0.15) is 13.0 Å². The molecule has 0 fully saturated rings. The predicted octanol–water partition coefficient (Wildman–Crippen LogP) is -0.168. The van der Waals surface area contributed by atoms with E-state index in [0.717, 1.165) is 10.9 Å². The van der Waals surface area contributed by atoms with Gasteiger partial charge in [0, 0.05) is 12.4 Å². The zero-order valence-electron chi connectivity index (χ0n) is 8.36. The lowest BCUT2D eigenvalue weighted by molar-refractivity contribution is -0.140. The van der Waals surface area contributed by atoms with E-state index >= 15 is 0 Å². The Hall–Kier alpha value is -2.31. The standard InChI is InChI=1S/C9H8N4O3/c1-5(9(15)16)13-4-12-7-6(8(13)14)10-2-3-11-7/h2-5H,1H3,(H,15,16). The van der Waals surface area contributed by atoms with Crippen molar-refractivity contribution in [2.24, 2.45) is 0 Å². The molecule has 0 spiro atoms. The molecular weight excluding hydrogens is 212 g/mol. The van der Waals surface area contributed by atoms with Gasteiger partial charge in [0.25, 0.3) is 5.56 Å². The summed E-state index contributed by atoms with van der Waals surface area (Å²) >= 11 is 0. The molecule has 2 heterocycles. The highest BCUT2D eigenvalue weighted by atomic mass is 16.4. The number of rotatable bonds is 2. The van der Waals surface area contributed by atoms with Gasteiger partial charge in [0.1, 0.15) is 12.4 Å². The third-order valence-electron chi connectivity index (χ3n) is 2.20. The molecule has 0 amide bonds. The van der Waals surface area contributed by atoms with Gasteiger partial charge in [-0.3, -0.25) is 9.36 Å². The van der Waals surface area contributed by atoms with Crippen LogP contribution in [0.2, 0.25) is 0 Å². The fraction of sp³-hybridized carbons (Fsp3) is 0.222. The Morgan fingerprint density at radius 1 is 1.38 bits per heavy atom. The molecule has 0 aliphatic rings. The summed E-state index contributed by atoms with van der Waals surface area (Å²) in [5.74, 6) is -1.10. The Morgan fingerprint density at radius 2 is 2.06 bits per heavy atom. The zero-order chi connectivity index (χ0) is 11.7. The first-order valence-electron chi connectivity index (χ1n) is 4.52. The molecule has 7 heteroatoms. The average molecular weight is 220 g/mol. The summed E-state index contributed by atoms with van der Waals surface area (Å²) in [5, 5.41) is 8.81. The molecule has 7 nitrogen and oxygen atoms in total. The van der Waals surface area contributed by atoms with Crippen molar-refractivity contribution in [2.45, 2.75) is 13.0 Å². The van der Waals surface area contributed by atoms with E-state index in [1.165, 1.54) is 19.3 Å². The molecule has 0 radical (unpaired) electrons. The topological polar surface area (TPSA) is 98.0 Å². The summed E-state index contributed by atoms with van der Waals surface area (Å²) in [5.41, 5.74) is -0.229. The van der Waals surface area contributed by atoms with Crippen LogP contribution in [0.15, 0.2) is 23.5 Å². The zero-order valence-corrected chi connectivity index (χ0v) is 8.36. The minimum absolute atomic E-state index is 0.0677. The molecule has 1 atom stereocenters. The van der Waals surface area contributed by atoms with Crippen molar-refractivity contribution in [2.75, 3.05) is 0 Å². The van der Waals surface area contributed by atoms with Crippen molar-refractivity contribution in [1.82, 2.24) is 19.5 Å². The Balaban J connectivity index is 2.70. The molecule has 0 aromatic carbocycles. The van der Waals surface area contributed by atoms with Gasteiger partial charge in [-0.15, -0.1) is 0 Å². The number of aromatic nitrogens is 4. The summed E-state index contributed by atoms with van der Waals surface area (Å²) in [6.45, 7) is 1.40. The number of nitrogens with zero attached hydrogens (tertiary/aromatic N) is 4. The number of hydrogen-bond acceptors (Lipinski definition) is 5. The molecule has 0 bridgehead atoms. The molecule has 2 aromatic rings. The van der Waals surface area contributed by atoms with Crippen LogP contribution in [0.5, 0.6) is 0 Å². The smallest absolute Gasteiger partial charge is 0.326 e. The number of aliphatic carboxylic acids is 1. The van der Waals surface area contributed by atoms with E-state index in [4.69, 9.17) is 5.11 Å². The summed E-state index contributed by atoms with van der Waals surface area (Å²) in [4.78, 5) is 34.2. The van der Waals surface area contributed by atoms with Crippen LogP contribution in [0.4, 0.5) is 0 Å². The molecule has 1 unspecified atom stereocenters. The second kappa shape index (κ2) is 3.69. The van der Waals surface area contributed by atoms with Crippen LogP contribution in [0.25, 0.3) is 11.2 Å². The maximum atomic E-state index is 11.8. The van der Waals surface area contributed by atoms with Crippen molar-refractivity contribution < 1.29 is 9.90 Å². The van der Waals surface area contributed by atoms with Crippen molar-refractivity contribution in [3.8, 4) is 0 Å². The predicted molar refractivity (Wildman–Crippen MR) is 53.9 cm³/mol. The van der Waals surface area contributed by atoms with Gasteiger partial charge in [-0.2, -0.15) is 0 Å². The fourth-order valence-corrected chi connectivity index (χ4v) is 1.26. The molecule has 16 heavy (non-hydrogen) atoms. The van der Waals surface area contributed by atoms with Crippen LogP contribution in [0.3, 0.4) is 0 Å². The van der Waals surface area contributed by atoms with Gasteiger partial charge in [-0.05, 0) is 6.92 Å². The number of carbonyl (C=O) groups is 1. The Kier molecular flexibility index (Phi) is 2.35. The van der Waals surface area contributed by atoms with Gasteiger partial charge >= 0.3 is 5.97 Å². The van der Waals surface area contributed by atoms with Crippen molar-refractivity contribution >= 4 is 17.1 Å². The van der Waals surface area contributed by atoms with Crippen molar-refractivity contribution in [3.63, 3.8) is 0 Å². The molecule has 0 aliphatic heterocycles. The molecular formula is C9H8N4O3. The number of carboxylic acid groups (broad SMARTS) is 1. The largest absolute Gasteiger partial charge is 0.480 e. The average Bonchev–Trinajstić information content (AvgIpc) is 2.29. The lowest BCUT2D eigenvalue weighted by Crippen LogP contribution is -2.28. The molecule has 2 aromatic heterocycles. The third kappa shape index (κ3) is 1.52. The molecule has 82 valence electrons. The second-order valence-corrected chi connectivity index (χ2v) is 3.20. The first-order valence-corrected chi connectivity index (χ1v) is 4.52. The van der Waals surface area contributed by atoms with E-state index in [0.29, 0.717) is 0 Å². The summed E-state index contributed by atoms with van der Waals surface area (Å²) in [6, 6.07) is -0.980. The Morgan fingerprint density at radius 3 is 2.75 bits per heavy atom. The van der Waals surface area contributed by atoms with Crippen molar-refractivity contribution in [3.05, 3.63) is 29.1 Å². The third-order valence-corrected chi connectivity index (χ3v) is 2.20. The van der Waals surface area contributed by atoms with E-state index in [1.807, 2.05) is 0 Å². The quantitative estimate of drug-likeness (QED) is 0.754. The van der Waals surface area contributed by atoms with Crippen LogP contribution in [-0.2, 0) is 4.79 Å². The SMILES string of the molecule is CC(C(=O)O)n1cnc2nccnc2c1=O. The normalized spacial score (nSPS) is 12.6. The number of fused-ring (bicyclic) bond motifs is 1. The maximum Gasteiger partial charge on any atom is 0.326 e. The Labute approximate surface area is 89.4 Å². The first kappa shape index (κ1) is 10.2. The second-order valence-electron chi connectivity index (χ2n) is 3.20. The maximum absolute atomic E-state index is 11.8. The van der Waals surface area contributed by atoms with Crippen LogP contribution in [0, 0.1) is 0 Å². The molecule has 0 aliphatic carbocycles. The molecule has 2 rings (SSSR count). The van der Waals surface area contributed by atoms with Crippen LogP contribution >= 0.6 is 0 Å². The Bertz CT molecular complexity index is 607. The van der Waals surface area contributed by atoms with Gasteiger partial charge in [0.05, 0.1) is 0 Å². The summed E-state index contributed by atoms with van der Waals surface area (Å²) in [7, 11) is 0. The highest BCUT2D eigenvalue weighted by Gasteiger charge is 2.16. The first-order chi connectivity index (χ1) is 7.61. The highest BCUT2D eigenvalue weighted by Crippen LogP contribution is 2.03. The van der Waals surface area contributed by atoms with E-state index in [1.54, 1.807) is 0 Å². The lowest BCUT2D eigenvalue weighted by atomic mass is 10.3. The summed E-state index contributed by atoms with van der Waals surface area (Å²) in [6.07, 6.45) is 3.94. The van der Waals surface area contributed by atoms with Crippen LogP contribution in [-0.4, -0.2) is 30.6 Å². The van der Waals surface area contributed by atoms with Gasteiger partial charge in [-0.25, -0.2) is 19.7 Å². The molecule has 1 N–H and O–H groups in total. The van der Waals surface area contributed by atoms with E-state index in [-0.39, 0.29) is 11.2 Å². The van der Waals surface area contributed by atoms with Crippen molar-refractivity contribution in [1.29, 1.82) is 0 Å². The van der Waals surface area contributed by atoms with Gasteiger partial charge in [0.15, 0.2) is 11.2 Å². The van der Waals surface area contributed by atoms with Gasteiger partial charge in [0.2, 0.25) is 0 Å². The minimum Gasteiger partial charge on any atom is -0.480 e. The highest BCUT2D eigenvalue weighted by molar-refractivity contribution is 5.72. The summed E-state index contributed by atoms with van der Waals surface area (Å²) < 4.78 is 1.01. The van der Waals surface area contributed by atoms with E-state index < -0.39 is 17.6 Å².